The third kappa shape index (κ3) is 4.71. The predicted octanol–water partition coefficient (Wildman–Crippen LogP) is 8.47. The quantitative estimate of drug-likeness (QED) is 0.182. The summed E-state index contributed by atoms with van der Waals surface area (Å²) in [6.07, 6.45) is 33.0. The third-order valence-corrected chi connectivity index (χ3v) is 17.5. The SMILES string of the molecule is CC1=C(C2=CC=CC2)C(=C(c2cccc3ccccc23)c2cccc3ccccc23)C=C2[CH-]C3(C)C4(C)C=CC=CC4(C)C4(C)C=CC=CC4(C)C3(C)C21C.[Cl-].[Cl-].[Zr+3]. The molecule has 291 valence electrons. The van der Waals surface area contributed by atoms with Crippen molar-refractivity contribution in [1.29, 1.82) is 0 Å². The minimum Gasteiger partial charge on any atom is -1.00 e. The average Bonchev–Trinajstić information content (AvgIpc) is 3.79. The van der Waals surface area contributed by atoms with Crippen LogP contribution in [0.15, 0.2) is 186 Å². The number of fused-ring (bicyclic) bond motifs is 10. The molecule has 58 heavy (non-hydrogen) atoms. The van der Waals surface area contributed by atoms with Crippen molar-refractivity contribution in [3.05, 3.63) is 203 Å². The predicted molar refractivity (Wildman–Crippen MR) is 234 cm³/mol. The van der Waals surface area contributed by atoms with E-state index in [-0.39, 0.29) is 88.9 Å². The zero-order valence-electron chi connectivity index (χ0n) is 35.1. The molecule has 0 aromatic heterocycles. The fourth-order valence-electron chi connectivity index (χ4n) is 13.7. The number of halogens is 2. The molecule has 7 atom stereocenters. The topological polar surface area (TPSA) is 0 Å². The molecule has 0 nitrogen and oxygen atoms in total. The van der Waals surface area contributed by atoms with Gasteiger partial charge in [-0.3, -0.25) is 0 Å². The molecule has 1 radical (unpaired) electrons. The summed E-state index contributed by atoms with van der Waals surface area (Å²) >= 11 is 0. The van der Waals surface area contributed by atoms with Gasteiger partial charge in [0.2, 0.25) is 0 Å². The van der Waals surface area contributed by atoms with Crippen LogP contribution in [0.4, 0.5) is 0 Å². The zero-order valence-corrected chi connectivity index (χ0v) is 39.0. The third-order valence-electron chi connectivity index (χ3n) is 17.5. The fourth-order valence-corrected chi connectivity index (χ4v) is 13.7. The Morgan fingerprint density at radius 3 is 1.59 bits per heavy atom. The number of hydrogen-bond acceptors (Lipinski definition) is 0. The number of benzene rings is 4. The molecule has 4 aromatic rings. The molecule has 0 saturated heterocycles. The largest absolute Gasteiger partial charge is 3.00 e. The smallest absolute Gasteiger partial charge is 1.00 e. The van der Waals surface area contributed by atoms with Gasteiger partial charge in [-0.05, 0) is 79.0 Å². The summed E-state index contributed by atoms with van der Waals surface area (Å²) in [5.41, 5.74) is 9.71. The molecule has 0 N–H and O–H groups in total. The normalized spacial score (nSPS) is 34.8. The molecule has 6 aliphatic rings. The van der Waals surface area contributed by atoms with Crippen LogP contribution >= 0.6 is 0 Å². The molecule has 0 amide bonds. The molecule has 0 heterocycles. The van der Waals surface area contributed by atoms with Crippen molar-refractivity contribution in [3.63, 3.8) is 0 Å². The molecule has 6 aliphatic carbocycles. The molecule has 0 bridgehead atoms. The maximum absolute atomic E-state index is 2.77. The van der Waals surface area contributed by atoms with Gasteiger partial charge in [-0.25, -0.2) is 12.0 Å². The standard InChI is InChI=1S/C55H53.2ClH.Zr/c1-37-47(40-23-9-10-24-40)46(48(44-29-19-25-38-21-11-13-27-42(38)44)45-30-20-26-39-22-12-14-28-43(39)45)35-41-36-53(6)51(4)33-16-15-31-49(51,2)50(3)32-17-18-34-52(50,5)55(53,8)54(37,41)7;;;/h9-23,25-36H,24H2,1-8H3;2*1H;/q-1;;;+3/p-2. The van der Waals surface area contributed by atoms with Crippen LogP contribution in [0.1, 0.15) is 72.9 Å². The van der Waals surface area contributed by atoms with Gasteiger partial charge in [0.15, 0.2) is 0 Å². The monoisotopic (exact) mass is 873 g/mol. The molecule has 4 aromatic carbocycles. The molecule has 10 rings (SSSR count). The minimum atomic E-state index is -0.266. The van der Waals surface area contributed by atoms with E-state index in [0.717, 1.165) is 6.42 Å². The van der Waals surface area contributed by atoms with Gasteiger partial charge in [-0.1, -0.05) is 217 Å². The van der Waals surface area contributed by atoms with E-state index >= 15 is 0 Å². The first-order valence-electron chi connectivity index (χ1n) is 20.4. The van der Waals surface area contributed by atoms with Crippen LogP contribution < -0.4 is 24.8 Å². The molecule has 2 fully saturated rings. The van der Waals surface area contributed by atoms with Crippen molar-refractivity contribution in [2.24, 2.45) is 37.9 Å². The zero-order chi connectivity index (χ0) is 38.2. The van der Waals surface area contributed by atoms with Crippen molar-refractivity contribution in [2.45, 2.75) is 61.8 Å². The van der Waals surface area contributed by atoms with E-state index < -0.39 is 0 Å². The van der Waals surface area contributed by atoms with Crippen LogP contribution in [-0.2, 0) is 26.2 Å². The molecular formula is C55H53Cl2Zr. The average molecular weight is 876 g/mol. The van der Waals surface area contributed by atoms with E-state index in [1.54, 1.807) is 0 Å². The molecule has 7 unspecified atom stereocenters. The van der Waals surface area contributed by atoms with Crippen molar-refractivity contribution in [3.8, 4) is 0 Å². The molecule has 2 saturated carbocycles. The van der Waals surface area contributed by atoms with E-state index in [0.29, 0.717) is 0 Å². The van der Waals surface area contributed by atoms with Gasteiger partial charge in [0.05, 0.1) is 0 Å². The summed E-state index contributed by atoms with van der Waals surface area (Å²) in [7, 11) is 0. The summed E-state index contributed by atoms with van der Waals surface area (Å²) in [6.45, 7) is 20.7. The van der Waals surface area contributed by atoms with E-state index in [1.807, 2.05) is 0 Å². The summed E-state index contributed by atoms with van der Waals surface area (Å²) < 4.78 is 0. The van der Waals surface area contributed by atoms with Gasteiger partial charge in [0.25, 0.3) is 0 Å². The van der Waals surface area contributed by atoms with Crippen LogP contribution in [-0.4, -0.2) is 0 Å². The second-order valence-corrected chi connectivity index (χ2v) is 18.6. The Labute approximate surface area is 378 Å². The summed E-state index contributed by atoms with van der Waals surface area (Å²) in [4.78, 5) is 0. The van der Waals surface area contributed by atoms with E-state index in [2.05, 4.69) is 220 Å². The van der Waals surface area contributed by atoms with Crippen LogP contribution in [0.3, 0.4) is 0 Å². The molecule has 3 heteroatoms. The van der Waals surface area contributed by atoms with Crippen LogP contribution in [0.5, 0.6) is 0 Å². The Balaban J connectivity index is 0.00000171. The Morgan fingerprint density at radius 1 is 0.569 bits per heavy atom. The Hall–Kier alpha value is -3.61. The first-order valence-corrected chi connectivity index (χ1v) is 20.4. The van der Waals surface area contributed by atoms with Crippen LogP contribution in [0.25, 0.3) is 27.1 Å². The second kappa shape index (κ2) is 14.0. The van der Waals surface area contributed by atoms with Gasteiger partial charge < -0.3 is 24.8 Å². The first kappa shape index (κ1) is 42.5. The summed E-state index contributed by atoms with van der Waals surface area (Å²) in [5.74, 6) is 0. The number of hydrogen-bond donors (Lipinski definition) is 0. The molecule has 0 aliphatic heterocycles. The maximum atomic E-state index is 2.77. The summed E-state index contributed by atoms with van der Waals surface area (Å²) in [5, 5.41) is 5.11. The Morgan fingerprint density at radius 2 is 1.05 bits per heavy atom. The van der Waals surface area contributed by atoms with Crippen LogP contribution in [0, 0.1) is 44.3 Å². The second-order valence-electron chi connectivity index (χ2n) is 18.6. The van der Waals surface area contributed by atoms with E-state index in [9.17, 15) is 0 Å². The minimum absolute atomic E-state index is 0. The summed E-state index contributed by atoms with van der Waals surface area (Å²) in [6, 6.07) is 31.6. The van der Waals surface area contributed by atoms with E-state index in [1.165, 1.54) is 66.1 Å². The van der Waals surface area contributed by atoms with Crippen LogP contribution in [0.2, 0.25) is 0 Å². The van der Waals surface area contributed by atoms with Gasteiger partial charge in [0, 0.05) is 16.2 Å². The van der Waals surface area contributed by atoms with Gasteiger partial charge in [0.1, 0.15) is 0 Å². The van der Waals surface area contributed by atoms with Gasteiger partial charge in [-0.15, -0.1) is 0 Å². The Kier molecular flexibility index (Phi) is 10.2. The number of allylic oxidation sites excluding steroid dienone is 17. The number of rotatable bonds is 3. The maximum Gasteiger partial charge on any atom is 3.00 e. The molecule has 0 spiro atoms. The van der Waals surface area contributed by atoms with Crippen molar-refractivity contribution in [1.82, 2.24) is 0 Å². The van der Waals surface area contributed by atoms with E-state index in [4.69, 9.17) is 0 Å². The van der Waals surface area contributed by atoms with Gasteiger partial charge in [-0.2, -0.15) is 6.08 Å². The fraction of sp³-hybridized carbons (Fsp3) is 0.291. The Bertz CT molecular complexity index is 2590. The van der Waals surface area contributed by atoms with Crippen molar-refractivity contribution in [2.75, 3.05) is 0 Å². The van der Waals surface area contributed by atoms with Crippen molar-refractivity contribution >= 4 is 27.1 Å². The van der Waals surface area contributed by atoms with Gasteiger partial charge >= 0.3 is 26.2 Å². The first-order chi connectivity index (χ1) is 26.3. The van der Waals surface area contributed by atoms with Crippen molar-refractivity contribution < 1.29 is 51.0 Å². The molecular weight excluding hydrogens is 823 g/mol.